The standard InChI is InChI=1S/C22H19N3O4.C13H11N3O4.C13H11N3O.C9H9ClO3.C7H7NO2.C5H6N2O.CO2/c1-13-6-8-16(15(11-13)22-25-20-18(29-22)5-4-10-23-20)24-21(26)14-7-9-17(27-2)19(12-14)28-3;1-8-4-5-10(16(19)20)9(7-8)13(18)15-12-11(17)3-2-6-14-12;1-8-4-5-10(14)9(7-8)13-16-12-11(17-13)3-2-6-15-12;1-12-7-4-3-6(9(10)11)5-8(7)13-2;1-6-2-4-7(5-3-6)8(9)10;6-5-4(8)2-1-3-7-5;2-1-3/h4-12H,1-3H3,(H,24,26);2-7,17H,1H3,(H,14,15,18);2-7H,14H2,1H3;3-5H,1-2H3;2-5H,1H3;1-3,8H,(H2,6,7);. The molecular formula is C70H63ClN12O17. The van der Waals surface area contributed by atoms with E-state index in [4.69, 9.17) is 65.5 Å². The number of nitrogens with one attached hydrogen (secondary N) is 2. The Morgan fingerprint density at radius 1 is 0.520 bits per heavy atom. The normalized spacial score (nSPS) is 9.93. The van der Waals surface area contributed by atoms with E-state index in [1.807, 2.05) is 69.3 Å². The molecule has 12 rings (SSSR count). The first-order valence-electron chi connectivity index (χ1n) is 29.1. The monoisotopic (exact) mass is 1380 g/mol. The number of hydrogen-bond donors (Lipinski definition) is 6. The second kappa shape index (κ2) is 36.9. The first-order valence-corrected chi connectivity index (χ1v) is 29.5. The molecule has 100 heavy (non-hydrogen) atoms. The largest absolute Gasteiger partial charge is 0.504 e. The van der Waals surface area contributed by atoms with Gasteiger partial charge in [0, 0.05) is 59.8 Å². The van der Waals surface area contributed by atoms with Crippen molar-refractivity contribution < 1.29 is 71.8 Å². The fraction of sp³-hybridized carbons (Fsp3) is 0.114. The van der Waals surface area contributed by atoms with Gasteiger partial charge in [0.05, 0.1) is 55.1 Å². The van der Waals surface area contributed by atoms with Crippen LogP contribution in [-0.2, 0) is 9.59 Å². The number of hydrogen-bond acceptors (Lipinski definition) is 25. The number of methoxy groups -OCH3 is 4. The Kier molecular flexibility index (Phi) is 27.8. The number of amides is 2. The number of ether oxygens (including phenoxy) is 4. The van der Waals surface area contributed by atoms with Crippen LogP contribution in [0.25, 0.3) is 45.4 Å². The van der Waals surface area contributed by atoms with E-state index >= 15 is 0 Å². The number of benzene rings is 6. The molecule has 6 aromatic carbocycles. The number of nitrogen functional groups attached to an aromatic ring is 2. The first kappa shape index (κ1) is 75.4. The number of aryl methyl sites for hydroxylation is 4. The highest BCUT2D eigenvalue weighted by Gasteiger charge is 2.22. The van der Waals surface area contributed by atoms with Crippen molar-refractivity contribution in [2.75, 3.05) is 50.5 Å². The molecule has 6 heterocycles. The molecule has 0 unspecified atom stereocenters. The summed E-state index contributed by atoms with van der Waals surface area (Å²) in [5.74, 6) is 1.97. The molecule has 0 saturated carbocycles. The highest BCUT2D eigenvalue weighted by atomic mass is 35.5. The van der Waals surface area contributed by atoms with Crippen LogP contribution in [0.2, 0.25) is 0 Å². The van der Waals surface area contributed by atoms with Gasteiger partial charge in [-0.25, -0.2) is 19.9 Å². The molecule has 512 valence electrons. The lowest BCUT2D eigenvalue weighted by Crippen LogP contribution is -2.15. The number of pyridine rings is 4. The van der Waals surface area contributed by atoms with Crippen LogP contribution < -0.4 is 41.0 Å². The van der Waals surface area contributed by atoms with Crippen molar-refractivity contribution in [2.45, 2.75) is 27.7 Å². The van der Waals surface area contributed by atoms with E-state index in [1.54, 1.807) is 93.2 Å². The van der Waals surface area contributed by atoms with Crippen molar-refractivity contribution in [1.29, 1.82) is 0 Å². The topological polar surface area (TPSA) is 429 Å². The molecule has 30 heteroatoms. The van der Waals surface area contributed by atoms with Crippen molar-refractivity contribution in [3.63, 3.8) is 0 Å². The van der Waals surface area contributed by atoms with E-state index in [-0.39, 0.29) is 52.1 Å². The van der Waals surface area contributed by atoms with Gasteiger partial charge in [-0.15, -0.1) is 0 Å². The minimum absolute atomic E-state index is 0.0347. The number of carbonyl (C=O) groups excluding carboxylic acids is 5. The number of oxazole rings is 2. The van der Waals surface area contributed by atoms with Gasteiger partial charge in [0.25, 0.3) is 28.4 Å². The fourth-order valence-corrected chi connectivity index (χ4v) is 8.55. The molecule has 0 radical (unpaired) electrons. The van der Waals surface area contributed by atoms with E-state index < -0.39 is 21.0 Å². The van der Waals surface area contributed by atoms with E-state index in [0.29, 0.717) is 90.9 Å². The third-order valence-corrected chi connectivity index (χ3v) is 13.6. The van der Waals surface area contributed by atoms with Crippen molar-refractivity contribution in [3.8, 4) is 57.4 Å². The number of carbonyl (C=O) groups is 3. The maximum absolute atomic E-state index is 12.9. The second-order valence-electron chi connectivity index (χ2n) is 20.4. The Morgan fingerprint density at radius 2 is 0.990 bits per heavy atom. The van der Waals surface area contributed by atoms with Gasteiger partial charge in [0.1, 0.15) is 5.56 Å². The highest BCUT2D eigenvalue weighted by molar-refractivity contribution is 6.67. The van der Waals surface area contributed by atoms with Crippen molar-refractivity contribution in [1.82, 2.24) is 29.9 Å². The van der Waals surface area contributed by atoms with Gasteiger partial charge >= 0.3 is 6.15 Å². The third-order valence-electron chi connectivity index (χ3n) is 13.4. The molecule has 0 aliphatic heterocycles. The molecule has 12 aromatic rings. The Hall–Kier alpha value is -13.7. The van der Waals surface area contributed by atoms with Gasteiger partial charge in [-0.3, -0.25) is 34.6 Å². The first-order chi connectivity index (χ1) is 47.9. The number of aromatic hydroxyl groups is 2. The molecular weight excluding hydrogens is 1320 g/mol. The lowest BCUT2D eigenvalue weighted by atomic mass is 10.1. The smallest absolute Gasteiger partial charge is 0.373 e. The van der Waals surface area contributed by atoms with E-state index in [9.17, 15) is 39.7 Å². The average Bonchev–Trinajstić information content (AvgIpc) is 1.61. The Labute approximate surface area is 574 Å². The van der Waals surface area contributed by atoms with E-state index in [2.05, 4.69) is 40.5 Å². The van der Waals surface area contributed by atoms with Crippen molar-refractivity contribution >= 4 is 91.7 Å². The number of nitro benzene ring substituents is 2. The summed E-state index contributed by atoms with van der Waals surface area (Å²) in [6, 6.07) is 45.0. The molecule has 8 N–H and O–H groups in total. The van der Waals surface area contributed by atoms with Crippen molar-refractivity contribution in [3.05, 3.63) is 248 Å². The van der Waals surface area contributed by atoms with E-state index in [1.165, 1.54) is 82.3 Å². The molecule has 0 saturated heterocycles. The third kappa shape index (κ3) is 21.4. The molecule has 0 aliphatic carbocycles. The zero-order valence-corrected chi connectivity index (χ0v) is 55.3. The Balaban J connectivity index is 0.000000197. The number of nitrogens with two attached hydrogens (primary N) is 2. The zero-order chi connectivity index (χ0) is 73.0. The summed E-state index contributed by atoms with van der Waals surface area (Å²) in [5, 5.41) is 44.1. The summed E-state index contributed by atoms with van der Waals surface area (Å²) in [5.41, 5.74) is 20.6. The summed E-state index contributed by atoms with van der Waals surface area (Å²) >= 11 is 5.29. The quantitative estimate of drug-likeness (QED) is 0.0270. The van der Waals surface area contributed by atoms with Crippen LogP contribution in [0.3, 0.4) is 0 Å². The molecule has 2 amide bonds. The lowest BCUT2D eigenvalue weighted by molar-refractivity contribution is -0.385. The summed E-state index contributed by atoms with van der Waals surface area (Å²) in [6.45, 7) is 7.58. The predicted molar refractivity (Wildman–Crippen MR) is 370 cm³/mol. The number of anilines is 4. The van der Waals surface area contributed by atoms with Crippen LogP contribution in [0, 0.1) is 47.9 Å². The Morgan fingerprint density at radius 3 is 1.49 bits per heavy atom. The van der Waals surface area contributed by atoms with Crippen LogP contribution in [-0.4, -0.2) is 102 Å². The lowest BCUT2D eigenvalue weighted by Gasteiger charge is -2.12. The van der Waals surface area contributed by atoms with E-state index in [0.717, 1.165) is 22.3 Å². The minimum Gasteiger partial charge on any atom is -0.504 e. The van der Waals surface area contributed by atoms with Crippen LogP contribution in [0.15, 0.2) is 197 Å². The number of aromatic nitrogens is 6. The average molecular weight is 1380 g/mol. The maximum Gasteiger partial charge on any atom is 0.373 e. The number of nitrogens with zero attached hydrogens (tertiary/aromatic N) is 8. The summed E-state index contributed by atoms with van der Waals surface area (Å²) in [7, 11) is 6.10. The van der Waals surface area contributed by atoms with Gasteiger partial charge in [0.2, 0.25) is 11.8 Å². The summed E-state index contributed by atoms with van der Waals surface area (Å²) in [6.07, 6.45) is 6.51. The molecule has 0 fully saturated rings. The minimum atomic E-state index is -0.700. The number of fused-ring (bicyclic) bond motifs is 2. The van der Waals surface area contributed by atoms with Crippen LogP contribution in [0.1, 0.15) is 53.3 Å². The van der Waals surface area contributed by atoms with Gasteiger partial charge in [-0.1, -0.05) is 47.0 Å². The molecule has 0 spiro atoms. The maximum atomic E-state index is 12.9. The SMILES string of the molecule is COc1ccc(C(=O)Cl)cc1OC.COc1ccc(C(=O)Nc2ccc(C)cc2-c2nc3ncccc3o2)cc1OC.Cc1ccc(N)c(-c2nc3ncccc3o2)c1.Cc1ccc([N+](=O)[O-])c(C(=O)Nc2ncccc2O)c1.Cc1ccc([N+](=O)[O-])cc1.Nc1ncccc1O.O=C=O. The molecule has 0 atom stereocenters. The van der Waals surface area contributed by atoms with Crippen LogP contribution >= 0.6 is 11.6 Å². The number of non-ortho nitro benzene ring substituents is 1. The van der Waals surface area contributed by atoms with Gasteiger partial charge < -0.3 is 60.1 Å². The Bertz CT molecular complexity index is 4780. The molecule has 29 nitrogen and oxygen atoms in total. The molecule has 0 bridgehead atoms. The highest BCUT2D eigenvalue weighted by Crippen LogP contribution is 2.34. The van der Waals surface area contributed by atoms with Gasteiger partial charge in [-0.05, 0) is 160 Å². The summed E-state index contributed by atoms with van der Waals surface area (Å²) < 4.78 is 32.0. The number of halogens is 1. The predicted octanol–water partition coefficient (Wildman–Crippen LogP) is 13.3. The van der Waals surface area contributed by atoms with Crippen LogP contribution in [0.5, 0.6) is 34.5 Å². The summed E-state index contributed by atoms with van der Waals surface area (Å²) in [4.78, 5) is 96.5. The number of rotatable bonds is 13. The fourth-order valence-electron chi connectivity index (χ4n) is 8.43. The molecule has 0 aliphatic rings. The zero-order valence-electron chi connectivity index (χ0n) is 54.5. The number of nitro groups is 2. The van der Waals surface area contributed by atoms with Crippen LogP contribution in [0.4, 0.5) is 34.4 Å². The van der Waals surface area contributed by atoms with Gasteiger partial charge in [0.15, 0.2) is 68.6 Å². The molecule has 6 aromatic heterocycles. The van der Waals surface area contributed by atoms with Gasteiger partial charge in [-0.2, -0.15) is 19.6 Å². The second-order valence-corrected chi connectivity index (χ2v) is 20.7. The van der Waals surface area contributed by atoms with Crippen molar-refractivity contribution in [2.24, 2.45) is 0 Å².